The molecular weight excluding hydrogens is 444 g/mol. The second-order valence-electron chi connectivity index (χ2n) is 7.71. The predicted molar refractivity (Wildman–Crippen MR) is 108 cm³/mol. The van der Waals surface area contributed by atoms with Crippen LogP contribution in [0.4, 0.5) is 0 Å². The lowest BCUT2D eigenvalue weighted by atomic mass is 9.99. The molecule has 2 heterocycles. The minimum atomic E-state index is -2.32. The van der Waals surface area contributed by atoms with Crippen molar-refractivity contribution in [1.29, 1.82) is 0 Å². The Kier molecular flexibility index (Phi) is 8.53. The molecule has 12 heteroatoms. The maximum absolute atomic E-state index is 12.3. The summed E-state index contributed by atoms with van der Waals surface area (Å²) in [4.78, 5) is 12.3. The highest BCUT2D eigenvalue weighted by Crippen LogP contribution is 2.37. The summed E-state index contributed by atoms with van der Waals surface area (Å²) in [5, 5.41) is 69.7. The lowest BCUT2D eigenvalue weighted by Crippen LogP contribution is -2.62. The summed E-state index contributed by atoms with van der Waals surface area (Å²) >= 11 is 0. The minimum absolute atomic E-state index is 0.715. The van der Waals surface area contributed by atoms with Gasteiger partial charge in [-0.25, -0.2) is 4.79 Å². The summed E-state index contributed by atoms with van der Waals surface area (Å²) in [6, 6.07) is 8.84. The molecule has 0 spiro atoms. The van der Waals surface area contributed by atoms with Gasteiger partial charge in [-0.3, -0.25) is 0 Å². The third-order valence-corrected chi connectivity index (χ3v) is 5.51. The largest absolute Gasteiger partial charge is 0.453 e. The molecule has 3 rings (SSSR count). The van der Waals surface area contributed by atoms with E-state index < -0.39 is 80.6 Å². The number of ether oxygens (including phenoxy) is 4. The summed E-state index contributed by atoms with van der Waals surface area (Å²) < 4.78 is 21.3. The molecule has 33 heavy (non-hydrogen) atoms. The number of aliphatic hydroxyl groups is 7. The van der Waals surface area contributed by atoms with Gasteiger partial charge in [0.2, 0.25) is 5.79 Å². The highest BCUT2D eigenvalue weighted by molar-refractivity contribution is 5.87. The van der Waals surface area contributed by atoms with Gasteiger partial charge in [-0.15, -0.1) is 0 Å². The molecular formula is C21H28O12. The fraction of sp³-hybridized carbons (Fsp3) is 0.571. The van der Waals surface area contributed by atoms with Crippen molar-refractivity contribution in [1.82, 2.24) is 0 Å². The standard InChI is InChI=1S/C21H28O12/c22-8-12-15(26)16(27)17(28)20(30-12)33-21(10-24)19(29)18(13(9-23)32-21)31-14(25)7-6-11-4-2-1-3-5-11/h1-7,12-13,15-20,22-24,26-29H,8-10H2. The summed E-state index contributed by atoms with van der Waals surface area (Å²) in [6.45, 7) is -2.47. The van der Waals surface area contributed by atoms with Crippen molar-refractivity contribution in [2.45, 2.75) is 54.8 Å². The minimum Gasteiger partial charge on any atom is -0.453 e. The van der Waals surface area contributed by atoms with Crippen LogP contribution in [0.1, 0.15) is 5.56 Å². The molecule has 0 bridgehead atoms. The van der Waals surface area contributed by atoms with Crippen molar-refractivity contribution in [3.63, 3.8) is 0 Å². The van der Waals surface area contributed by atoms with Crippen molar-refractivity contribution in [3.8, 4) is 0 Å². The van der Waals surface area contributed by atoms with Crippen LogP contribution < -0.4 is 0 Å². The normalized spacial score (nSPS) is 39.1. The van der Waals surface area contributed by atoms with Crippen LogP contribution in [-0.2, 0) is 23.7 Å². The van der Waals surface area contributed by atoms with E-state index in [0.717, 1.165) is 6.08 Å². The number of benzene rings is 1. The first kappa shape index (κ1) is 25.6. The van der Waals surface area contributed by atoms with Crippen molar-refractivity contribution in [3.05, 3.63) is 42.0 Å². The Balaban J connectivity index is 1.74. The van der Waals surface area contributed by atoms with Crippen LogP contribution in [-0.4, -0.2) is 116 Å². The lowest BCUT2D eigenvalue weighted by Gasteiger charge is -2.43. The highest BCUT2D eigenvalue weighted by atomic mass is 16.8. The van der Waals surface area contributed by atoms with E-state index in [1.54, 1.807) is 30.3 Å². The average molecular weight is 472 g/mol. The van der Waals surface area contributed by atoms with Gasteiger partial charge in [-0.1, -0.05) is 30.3 Å². The van der Waals surface area contributed by atoms with E-state index >= 15 is 0 Å². The number of carbonyl (C=O) groups is 1. The van der Waals surface area contributed by atoms with Crippen LogP contribution in [0.2, 0.25) is 0 Å². The lowest BCUT2D eigenvalue weighted by molar-refractivity contribution is -0.383. The Morgan fingerprint density at radius 2 is 1.64 bits per heavy atom. The van der Waals surface area contributed by atoms with Crippen LogP contribution in [0.15, 0.2) is 36.4 Å². The van der Waals surface area contributed by atoms with Gasteiger partial charge in [0.05, 0.1) is 13.2 Å². The first-order chi connectivity index (χ1) is 15.8. The quantitative estimate of drug-likeness (QED) is 0.149. The molecule has 0 amide bonds. The van der Waals surface area contributed by atoms with E-state index in [0.29, 0.717) is 5.56 Å². The number of hydrogen-bond acceptors (Lipinski definition) is 12. The molecule has 0 saturated carbocycles. The zero-order chi connectivity index (χ0) is 24.2. The summed E-state index contributed by atoms with van der Waals surface area (Å²) in [6.07, 6.45) is -10.4. The molecule has 2 saturated heterocycles. The Labute approximate surface area is 188 Å². The molecule has 2 aliphatic heterocycles. The van der Waals surface area contributed by atoms with E-state index in [1.807, 2.05) is 0 Å². The molecule has 0 radical (unpaired) electrons. The number of carbonyl (C=O) groups excluding carboxylic acids is 1. The van der Waals surface area contributed by atoms with Gasteiger partial charge in [0.25, 0.3) is 0 Å². The average Bonchev–Trinajstić information content (AvgIpc) is 3.09. The molecule has 0 aromatic heterocycles. The summed E-state index contributed by atoms with van der Waals surface area (Å²) in [5.41, 5.74) is 0.715. The molecule has 7 N–H and O–H groups in total. The smallest absolute Gasteiger partial charge is 0.331 e. The van der Waals surface area contributed by atoms with Gasteiger partial charge in [-0.2, -0.15) is 0 Å². The van der Waals surface area contributed by atoms with Crippen LogP contribution in [0.3, 0.4) is 0 Å². The molecule has 1 aromatic rings. The first-order valence-corrected chi connectivity index (χ1v) is 10.3. The van der Waals surface area contributed by atoms with E-state index in [-0.39, 0.29) is 0 Å². The van der Waals surface area contributed by atoms with E-state index in [4.69, 9.17) is 18.9 Å². The molecule has 1 aromatic carbocycles. The zero-order valence-corrected chi connectivity index (χ0v) is 17.5. The van der Waals surface area contributed by atoms with Gasteiger partial charge < -0.3 is 54.7 Å². The van der Waals surface area contributed by atoms with Crippen molar-refractivity contribution in [2.24, 2.45) is 0 Å². The molecule has 0 aliphatic carbocycles. The fourth-order valence-electron chi connectivity index (χ4n) is 3.66. The first-order valence-electron chi connectivity index (χ1n) is 10.3. The maximum Gasteiger partial charge on any atom is 0.331 e. The van der Waals surface area contributed by atoms with Crippen LogP contribution >= 0.6 is 0 Å². The molecule has 2 aliphatic rings. The third kappa shape index (κ3) is 5.41. The Bertz CT molecular complexity index is 802. The fourth-order valence-corrected chi connectivity index (χ4v) is 3.66. The summed E-state index contributed by atoms with van der Waals surface area (Å²) in [7, 11) is 0. The zero-order valence-electron chi connectivity index (χ0n) is 17.5. The van der Waals surface area contributed by atoms with Crippen molar-refractivity contribution < 1.29 is 59.5 Å². The van der Waals surface area contributed by atoms with Crippen LogP contribution in [0, 0.1) is 0 Å². The predicted octanol–water partition coefficient (Wildman–Crippen LogP) is -3.13. The van der Waals surface area contributed by atoms with Gasteiger partial charge in [0.1, 0.15) is 43.2 Å². The topological polar surface area (TPSA) is 196 Å². The monoisotopic (exact) mass is 472 g/mol. The number of aliphatic hydroxyl groups excluding tert-OH is 7. The molecule has 9 atom stereocenters. The highest BCUT2D eigenvalue weighted by Gasteiger charge is 2.60. The second kappa shape index (κ2) is 11.0. The van der Waals surface area contributed by atoms with Gasteiger partial charge in [0, 0.05) is 6.08 Å². The van der Waals surface area contributed by atoms with Gasteiger partial charge >= 0.3 is 5.97 Å². The van der Waals surface area contributed by atoms with Crippen molar-refractivity contribution in [2.75, 3.05) is 19.8 Å². The van der Waals surface area contributed by atoms with Gasteiger partial charge in [-0.05, 0) is 11.6 Å². The molecule has 184 valence electrons. The second-order valence-corrected chi connectivity index (χ2v) is 7.71. The van der Waals surface area contributed by atoms with E-state index in [1.165, 1.54) is 6.08 Å². The Morgan fingerprint density at radius 1 is 0.970 bits per heavy atom. The number of esters is 1. The third-order valence-electron chi connectivity index (χ3n) is 5.51. The molecule has 9 unspecified atom stereocenters. The molecule has 12 nitrogen and oxygen atoms in total. The van der Waals surface area contributed by atoms with E-state index in [9.17, 15) is 40.5 Å². The van der Waals surface area contributed by atoms with Gasteiger partial charge in [0.15, 0.2) is 12.4 Å². The van der Waals surface area contributed by atoms with Crippen LogP contribution in [0.25, 0.3) is 6.08 Å². The summed E-state index contributed by atoms with van der Waals surface area (Å²) in [5.74, 6) is -3.19. The SMILES string of the molecule is O=C(C=Cc1ccccc1)OC1C(CO)OC(CO)(OC2OC(CO)C(O)C(O)C2O)C1O. The van der Waals surface area contributed by atoms with Crippen LogP contribution in [0.5, 0.6) is 0 Å². The van der Waals surface area contributed by atoms with Crippen molar-refractivity contribution >= 4 is 12.0 Å². The molecule has 2 fully saturated rings. The maximum atomic E-state index is 12.3. The van der Waals surface area contributed by atoms with E-state index in [2.05, 4.69) is 0 Å². The Hall–Kier alpha value is -1.97. The number of rotatable bonds is 8. The Morgan fingerprint density at radius 3 is 2.24 bits per heavy atom. The number of hydrogen-bond donors (Lipinski definition) is 7.